The highest BCUT2D eigenvalue weighted by Crippen LogP contribution is 2.34. The van der Waals surface area contributed by atoms with Crippen molar-refractivity contribution in [1.29, 1.82) is 0 Å². The van der Waals surface area contributed by atoms with E-state index in [1.54, 1.807) is 6.07 Å². The Kier molecular flexibility index (Phi) is 3.58. The largest absolute Gasteiger partial charge is 0.409 e. The van der Waals surface area contributed by atoms with Gasteiger partial charge in [0.15, 0.2) is 5.84 Å². The van der Waals surface area contributed by atoms with E-state index in [0.717, 1.165) is 24.8 Å². The number of rotatable bonds is 4. The van der Waals surface area contributed by atoms with E-state index >= 15 is 0 Å². The lowest BCUT2D eigenvalue weighted by Gasteiger charge is -2.20. The zero-order chi connectivity index (χ0) is 14.1. The number of amidine groups is 1. The predicted molar refractivity (Wildman–Crippen MR) is 72.1 cm³/mol. The summed E-state index contributed by atoms with van der Waals surface area (Å²) in [6, 6.07) is 4.76. The van der Waals surface area contributed by atoms with Gasteiger partial charge in [-0.15, -0.1) is 0 Å². The van der Waals surface area contributed by atoms with Crippen LogP contribution in [0, 0.1) is 5.82 Å². The van der Waals surface area contributed by atoms with Gasteiger partial charge in [-0.1, -0.05) is 5.16 Å². The van der Waals surface area contributed by atoms with Crippen molar-refractivity contribution in [2.75, 3.05) is 0 Å². The Morgan fingerprint density at radius 1 is 1.45 bits per heavy atom. The van der Waals surface area contributed by atoms with Crippen molar-refractivity contribution in [2.24, 2.45) is 10.9 Å². The summed E-state index contributed by atoms with van der Waals surface area (Å²) >= 11 is 0. The molecule has 20 heavy (non-hydrogen) atoms. The minimum absolute atomic E-state index is 0.0889. The molecular weight excluding hydrogens is 261 g/mol. The highest BCUT2D eigenvalue weighted by molar-refractivity contribution is 5.97. The third-order valence-electron chi connectivity index (χ3n) is 4.04. The van der Waals surface area contributed by atoms with E-state index in [0.29, 0.717) is 24.3 Å². The van der Waals surface area contributed by atoms with E-state index in [4.69, 9.17) is 15.7 Å². The molecule has 3 unspecified atom stereocenters. The van der Waals surface area contributed by atoms with Crippen LogP contribution in [0.5, 0.6) is 0 Å². The van der Waals surface area contributed by atoms with Gasteiger partial charge in [-0.2, -0.15) is 0 Å². The lowest BCUT2D eigenvalue weighted by atomic mass is 9.95. The van der Waals surface area contributed by atoms with Crippen LogP contribution in [0.1, 0.15) is 30.4 Å². The molecule has 1 aromatic carbocycles. The number of oxime groups is 1. The van der Waals surface area contributed by atoms with Crippen LogP contribution in [0.25, 0.3) is 0 Å². The van der Waals surface area contributed by atoms with Gasteiger partial charge in [-0.3, -0.25) is 0 Å². The normalized spacial score (nSPS) is 29.1. The molecule has 2 saturated heterocycles. The van der Waals surface area contributed by atoms with Crippen LogP contribution in [0.4, 0.5) is 4.39 Å². The molecule has 4 N–H and O–H groups in total. The summed E-state index contributed by atoms with van der Waals surface area (Å²) in [6.45, 7) is 0.542. The summed E-state index contributed by atoms with van der Waals surface area (Å²) in [6.07, 6.45) is 3.94. The van der Waals surface area contributed by atoms with Crippen LogP contribution < -0.4 is 11.1 Å². The average Bonchev–Trinajstić information content (AvgIpc) is 3.06. The van der Waals surface area contributed by atoms with E-state index in [1.807, 2.05) is 0 Å². The molecule has 2 aliphatic rings. The van der Waals surface area contributed by atoms with E-state index in [2.05, 4.69) is 10.5 Å². The Bertz CT molecular complexity index is 535. The van der Waals surface area contributed by atoms with Gasteiger partial charge >= 0.3 is 0 Å². The van der Waals surface area contributed by atoms with Crippen molar-refractivity contribution in [1.82, 2.24) is 5.32 Å². The van der Waals surface area contributed by atoms with Crippen LogP contribution in [0.15, 0.2) is 23.4 Å². The van der Waals surface area contributed by atoms with E-state index in [-0.39, 0.29) is 11.9 Å². The molecule has 3 rings (SSSR count). The van der Waals surface area contributed by atoms with Crippen molar-refractivity contribution in [3.8, 4) is 0 Å². The molecule has 6 heteroatoms. The number of hydrogen-bond acceptors (Lipinski definition) is 4. The fourth-order valence-electron chi connectivity index (χ4n) is 3.06. The molecule has 108 valence electrons. The molecule has 5 nitrogen and oxygen atoms in total. The van der Waals surface area contributed by atoms with Gasteiger partial charge < -0.3 is 21.0 Å². The number of fused-ring (bicyclic) bond motifs is 2. The molecule has 3 atom stereocenters. The van der Waals surface area contributed by atoms with Crippen LogP contribution in [-0.2, 0) is 11.3 Å². The van der Waals surface area contributed by atoms with E-state index in [1.165, 1.54) is 12.1 Å². The van der Waals surface area contributed by atoms with Crippen molar-refractivity contribution < 1.29 is 14.3 Å². The number of hydrogen-bond donors (Lipinski definition) is 3. The minimum Gasteiger partial charge on any atom is -0.409 e. The highest BCUT2D eigenvalue weighted by Gasteiger charge is 2.40. The lowest BCUT2D eigenvalue weighted by molar-refractivity contribution is 0.0973. The molecule has 0 aliphatic carbocycles. The molecule has 2 aliphatic heterocycles. The van der Waals surface area contributed by atoms with Crippen LogP contribution >= 0.6 is 0 Å². The van der Waals surface area contributed by atoms with Crippen molar-refractivity contribution in [3.05, 3.63) is 35.1 Å². The molecule has 0 spiro atoms. The molecule has 0 aromatic heterocycles. The number of nitrogens with zero attached hydrogens (tertiary/aromatic N) is 1. The Hall–Kier alpha value is -1.66. The minimum atomic E-state index is -0.393. The Labute approximate surface area is 116 Å². The van der Waals surface area contributed by atoms with Gasteiger partial charge in [0.1, 0.15) is 5.82 Å². The van der Waals surface area contributed by atoms with Gasteiger partial charge in [-0.25, -0.2) is 4.39 Å². The van der Waals surface area contributed by atoms with Crippen LogP contribution in [-0.4, -0.2) is 29.3 Å². The van der Waals surface area contributed by atoms with Crippen molar-refractivity contribution in [2.45, 2.75) is 44.1 Å². The van der Waals surface area contributed by atoms with Crippen LogP contribution in [0.3, 0.4) is 0 Å². The molecule has 2 fully saturated rings. The third kappa shape index (κ3) is 2.62. The number of nitrogens with one attached hydrogen (secondary N) is 1. The summed E-state index contributed by atoms with van der Waals surface area (Å²) in [7, 11) is 0. The number of halogens is 1. The van der Waals surface area contributed by atoms with Crippen LogP contribution in [0.2, 0.25) is 0 Å². The molecule has 0 saturated carbocycles. The molecular formula is C14H18FN3O2. The van der Waals surface area contributed by atoms with Crippen molar-refractivity contribution in [3.63, 3.8) is 0 Å². The maximum atomic E-state index is 13.5. The fraction of sp³-hybridized carbons (Fsp3) is 0.500. The lowest BCUT2D eigenvalue weighted by Crippen LogP contribution is -2.37. The molecule has 1 aromatic rings. The maximum absolute atomic E-state index is 13.5. The summed E-state index contributed by atoms with van der Waals surface area (Å²) < 4.78 is 19.3. The fourth-order valence-corrected chi connectivity index (χ4v) is 3.06. The van der Waals surface area contributed by atoms with Gasteiger partial charge in [0.05, 0.1) is 12.2 Å². The quantitative estimate of drug-likeness (QED) is 0.336. The topological polar surface area (TPSA) is 79.9 Å². The highest BCUT2D eigenvalue weighted by atomic mass is 19.1. The monoisotopic (exact) mass is 279 g/mol. The molecule has 0 amide bonds. The average molecular weight is 279 g/mol. The zero-order valence-electron chi connectivity index (χ0n) is 11.1. The number of benzene rings is 1. The van der Waals surface area contributed by atoms with Gasteiger partial charge in [-0.05, 0) is 43.0 Å². The molecule has 2 bridgehead atoms. The molecule has 0 radical (unpaired) electrons. The maximum Gasteiger partial charge on any atom is 0.170 e. The Morgan fingerprint density at radius 2 is 2.30 bits per heavy atom. The van der Waals surface area contributed by atoms with Gasteiger partial charge in [0, 0.05) is 18.2 Å². The first-order valence-corrected chi connectivity index (χ1v) is 6.82. The first kappa shape index (κ1) is 13.3. The standard InChI is InChI=1S/C14H18FN3O2/c15-10-4-8(3-9(5-10)14(16)18-19)7-17-12-6-11-1-2-13(12)20-11/h3-5,11-13,17,19H,1-2,6-7H2,(H2,16,18). The second-order valence-electron chi connectivity index (χ2n) is 5.43. The SMILES string of the molecule is N/C(=N/O)c1cc(F)cc(CNC2CC3CCC2O3)c1. The second-order valence-corrected chi connectivity index (χ2v) is 5.43. The Balaban J connectivity index is 1.66. The van der Waals surface area contributed by atoms with Gasteiger partial charge in [0.25, 0.3) is 0 Å². The van der Waals surface area contributed by atoms with E-state index < -0.39 is 5.82 Å². The summed E-state index contributed by atoms with van der Waals surface area (Å²) in [5.74, 6) is -0.482. The number of ether oxygens (including phenoxy) is 1. The first-order valence-electron chi connectivity index (χ1n) is 6.82. The third-order valence-corrected chi connectivity index (χ3v) is 4.04. The summed E-state index contributed by atoms with van der Waals surface area (Å²) in [5, 5.41) is 15.0. The van der Waals surface area contributed by atoms with E-state index in [9.17, 15) is 4.39 Å². The Morgan fingerprint density at radius 3 is 2.95 bits per heavy atom. The van der Waals surface area contributed by atoms with Gasteiger partial charge in [0.2, 0.25) is 0 Å². The predicted octanol–water partition coefficient (Wildman–Crippen LogP) is 1.33. The molecule has 2 heterocycles. The summed E-state index contributed by atoms with van der Waals surface area (Å²) in [4.78, 5) is 0. The second kappa shape index (κ2) is 5.38. The zero-order valence-corrected chi connectivity index (χ0v) is 11.1. The summed E-state index contributed by atoms with van der Waals surface area (Å²) in [5.41, 5.74) is 6.65. The van der Waals surface area contributed by atoms with Crippen molar-refractivity contribution >= 4 is 5.84 Å². The smallest absolute Gasteiger partial charge is 0.170 e. The number of nitrogens with two attached hydrogens (primary N) is 1. The first-order chi connectivity index (χ1) is 9.65.